The summed E-state index contributed by atoms with van der Waals surface area (Å²) in [5.74, 6) is -1.63. The van der Waals surface area contributed by atoms with Crippen LogP contribution < -0.4 is 9.03 Å². The highest BCUT2D eigenvalue weighted by atomic mass is 32.2. The smallest absolute Gasteiger partial charge is 0.326 e. The van der Waals surface area contributed by atoms with E-state index in [9.17, 15) is 22.9 Å². The quantitative estimate of drug-likeness (QED) is 0.762. The van der Waals surface area contributed by atoms with Crippen LogP contribution in [0.15, 0.2) is 47.6 Å². The third kappa shape index (κ3) is 3.40. The number of carboxylic acid groups (broad SMARTS) is 1. The van der Waals surface area contributed by atoms with Gasteiger partial charge in [0.05, 0.1) is 12.1 Å². The largest absolute Gasteiger partial charge is 0.481 e. The molecule has 3 rings (SSSR count). The predicted molar refractivity (Wildman–Crippen MR) is 93.1 cm³/mol. The van der Waals surface area contributed by atoms with Gasteiger partial charge in [-0.3, -0.25) is 9.59 Å². The van der Waals surface area contributed by atoms with Crippen molar-refractivity contribution in [2.24, 2.45) is 5.18 Å². The molecule has 10 heteroatoms. The summed E-state index contributed by atoms with van der Waals surface area (Å²) in [5.41, 5.74) is 1.80. The van der Waals surface area contributed by atoms with Gasteiger partial charge in [-0.25, -0.2) is 9.03 Å². The fourth-order valence-corrected chi connectivity index (χ4v) is 3.80. The SMILES string of the molecule is O=Nc1cc(-c2ccc(CC(=O)O)cc2)ccc1N1CC(=O)NS1(=O)=O. The Morgan fingerprint density at radius 2 is 1.81 bits per heavy atom. The molecule has 0 spiro atoms. The number of hydrogen-bond donors (Lipinski definition) is 2. The maximum atomic E-state index is 11.9. The van der Waals surface area contributed by atoms with Crippen LogP contribution in [0.4, 0.5) is 11.4 Å². The topological polar surface area (TPSA) is 133 Å². The molecule has 0 radical (unpaired) electrons. The molecule has 1 fully saturated rings. The van der Waals surface area contributed by atoms with E-state index in [-0.39, 0.29) is 17.8 Å². The third-order valence-corrected chi connectivity index (χ3v) is 5.20. The van der Waals surface area contributed by atoms with E-state index in [0.29, 0.717) is 16.7 Å². The summed E-state index contributed by atoms with van der Waals surface area (Å²) in [6.07, 6.45) is -0.103. The molecule has 2 N–H and O–H groups in total. The Morgan fingerprint density at radius 1 is 1.15 bits per heavy atom. The van der Waals surface area contributed by atoms with Crippen LogP contribution in [0.25, 0.3) is 11.1 Å². The van der Waals surface area contributed by atoms with E-state index in [1.165, 1.54) is 12.1 Å². The van der Waals surface area contributed by atoms with Crippen molar-refractivity contribution in [3.63, 3.8) is 0 Å². The second-order valence-electron chi connectivity index (χ2n) is 5.60. The van der Waals surface area contributed by atoms with Crippen LogP contribution in [0.3, 0.4) is 0 Å². The van der Waals surface area contributed by atoms with E-state index < -0.39 is 28.6 Å². The lowest BCUT2D eigenvalue weighted by Gasteiger charge is -2.16. The summed E-state index contributed by atoms with van der Waals surface area (Å²) in [6, 6.07) is 11.1. The molecule has 0 unspecified atom stereocenters. The molecule has 1 amide bonds. The number of nitroso groups, excluding NO2 is 1. The monoisotopic (exact) mass is 375 g/mol. The van der Waals surface area contributed by atoms with Gasteiger partial charge in [-0.2, -0.15) is 8.42 Å². The van der Waals surface area contributed by atoms with Gasteiger partial charge in [0.1, 0.15) is 12.2 Å². The first-order valence-corrected chi connectivity index (χ1v) is 8.86. The van der Waals surface area contributed by atoms with Crippen LogP contribution >= 0.6 is 0 Å². The molecule has 1 saturated heterocycles. The molecule has 0 saturated carbocycles. The zero-order valence-corrected chi connectivity index (χ0v) is 14.1. The summed E-state index contributed by atoms with van der Waals surface area (Å²) >= 11 is 0. The molecular formula is C16H13N3O6S. The van der Waals surface area contributed by atoms with Crippen LogP contribution in [0.1, 0.15) is 5.56 Å². The predicted octanol–water partition coefficient (Wildman–Crippen LogP) is 1.56. The normalized spacial score (nSPS) is 15.5. The lowest BCUT2D eigenvalue weighted by atomic mass is 10.0. The van der Waals surface area contributed by atoms with Crippen molar-refractivity contribution in [3.8, 4) is 11.1 Å². The Balaban J connectivity index is 1.96. The molecule has 0 aliphatic carbocycles. The Morgan fingerprint density at radius 3 is 2.35 bits per heavy atom. The number of nitrogens with zero attached hydrogens (tertiary/aromatic N) is 2. The van der Waals surface area contributed by atoms with Gasteiger partial charge < -0.3 is 5.11 Å². The first-order chi connectivity index (χ1) is 12.3. The van der Waals surface area contributed by atoms with E-state index in [4.69, 9.17) is 5.11 Å². The summed E-state index contributed by atoms with van der Waals surface area (Å²) in [6.45, 7) is -0.423. The number of carboxylic acids is 1. The Labute approximate surface area is 148 Å². The maximum Gasteiger partial charge on any atom is 0.326 e. The van der Waals surface area contributed by atoms with Gasteiger partial charge in [-0.15, -0.1) is 4.91 Å². The van der Waals surface area contributed by atoms with Crippen molar-refractivity contribution < 1.29 is 23.1 Å². The van der Waals surface area contributed by atoms with E-state index in [1.807, 2.05) is 4.72 Å². The zero-order chi connectivity index (χ0) is 18.9. The van der Waals surface area contributed by atoms with Crippen molar-refractivity contribution in [1.82, 2.24) is 4.72 Å². The van der Waals surface area contributed by atoms with Crippen molar-refractivity contribution in [2.75, 3.05) is 10.8 Å². The van der Waals surface area contributed by atoms with E-state index >= 15 is 0 Å². The van der Waals surface area contributed by atoms with Crippen LogP contribution in [-0.4, -0.2) is 31.9 Å². The van der Waals surface area contributed by atoms with E-state index in [0.717, 1.165) is 4.31 Å². The van der Waals surface area contributed by atoms with Crippen molar-refractivity contribution >= 4 is 33.5 Å². The minimum atomic E-state index is -4.04. The number of nitrogens with one attached hydrogen (secondary N) is 1. The molecule has 1 aliphatic rings. The number of rotatable bonds is 5. The average Bonchev–Trinajstić information content (AvgIpc) is 2.86. The zero-order valence-electron chi connectivity index (χ0n) is 13.2. The van der Waals surface area contributed by atoms with Crippen molar-refractivity contribution in [3.05, 3.63) is 52.9 Å². The number of carbonyl (C=O) groups excluding carboxylic acids is 1. The second-order valence-corrected chi connectivity index (χ2v) is 7.19. The highest BCUT2D eigenvalue weighted by Crippen LogP contribution is 2.35. The van der Waals surface area contributed by atoms with Gasteiger partial charge in [0.25, 0.3) is 5.91 Å². The highest BCUT2D eigenvalue weighted by molar-refractivity contribution is 7.92. The molecule has 0 bridgehead atoms. The number of hydrogen-bond acceptors (Lipinski definition) is 6. The van der Waals surface area contributed by atoms with Gasteiger partial charge in [0, 0.05) is 0 Å². The van der Waals surface area contributed by atoms with Crippen molar-refractivity contribution in [2.45, 2.75) is 6.42 Å². The van der Waals surface area contributed by atoms with E-state index in [2.05, 4.69) is 5.18 Å². The Bertz CT molecular complexity index is 1000. The fraction of sp³-hybridized carbons (Fsp3) is 0.125. The molecule has 2 aromatic rings. The summed E-state index contributed by atoms with van der Waals surface area (Å²) in [4.78, 5) is 33.3. The summed E-state index contributed by atoms with van der Waals surface area (Å²) < 4.78 is 26.5. The first-order valence-electron chi connectivity index (χ1n) is 7.42. The molecule has 0 atom stereocenters. The van der Waals surface area contributed by atoms with Gasteiger partial charge in [-0.05, 0) is 34.0 Å². The van der Waals surface area contributed by atoms with E-state index in [1.54, 1.807) is 30.3 Å². The van der Waals surface area contributed by atoms with Gasteiger partial charge in [0.2, 0.25) is 0 Å². The molecule has 1 heterocycles. The Kier molecular flexibility index (Phi) is 4.43. The fourth-order valence-electron chi connectivity index (χ4n) is 2.64. The van der Waals surface area contributed by atoms with Crippen molar-refractivity contribution in [1.29, 1.82) is 0 Å². The van der Waals surface area contributed by atoms with Crippen LogP contribution in [0.5, 0.6) is 0 Å². The van der Waals surface area contributed by atoms with Gasteiger partial charge in [-0.1, -0.05) is 30.3 Å². The number of carbonyl (C=O) groups is 2. The molecule has 134 valence electrons. The molecular weight excluding hydrogens is 362 g/mol. The van der Waals surface area contributed by atoms with Crippen LogP contribution in [0, 0.1) is 4.91 Å². The standard InChI is InChI=1S/C16H13N3O6S/c20-15-9-19(26(24,25)18-15)14-6-5-12(8-13(14)17-23)11-3-1-10(2-4-11)7-16(21)22/h1-6,8H,7,9H2,(H,18,20)(H,21,22). The Hall–Kier alpha value is -3.27. The molecule has 26 heavy (non-hydrogen) atoms. The summed E-state index contributed by atoms with van der Waals surface area (Å²) in [5, 5.41) is 11.7. The average molecular weight is 375 g/mol. The van der Waals surface area contributed by atoms with Gasteiger partial charge in [0.15, 0.2) is 0 Å². The first kappa shape index (κ1) is 17.5. The molecule has 1 aliphatic heterocycles. The number of benzene rings is 2. The maximum absolute atomic E-state index is 11.9. The lowest BCUT2D eigenvalue weighted by molar-refractivity contribution is -0.136. The second kappa shape index (κ2) is 6.56. The lowest BCUT2D eigenvalue weighted by Crippen LogP contribution is -2.29. The molecule has 2 aromatic carbocycles. The number of amides is 1. The minimum absolute atomic E-state index is 0.00426. The number of aliphatic carboxylic acids is 1. The molecule has 9 nitrogen and oxygen atoms in total. The number of anilines is 1. The highest BCUT2D eigenvalue weighted by Gasteiger charge is 2.35. The third-order valence-electron chi connectivity index (χ3n) is 3.81. The minimum Gasteiger partial charge on any atom is -0.481 e. The van der Waals surface area contributed by atoms with Gasteiger partial charge >= 0.3 is 16.2 Å². The molecule has 0 aromatic heterocycles. The summed E-state index contributed by atoms with van der Waals surface area (Å²) in [7, 11) is -4.04. The van der Waals surface area contributed by atoms with Crippen LogP contribution in [-0.2, 0) is 26.2 Å². The van der Waals surface area contributed by atoms with Crippen LogP contribution in [0.2, 0.25) is 0 Å².